The minimum atomic E-state index is -0.351. The number of amides is 1. The summed E-state index contributed by atoms with van der Waals surface area (Å²) in [5.74, 6) is 0.802. The number of carbonyl (C=O) groups excluding carboxylic acids is 1. The van der Waals surface area contributed by atoms with E-state index in [1.54, 1.807) is 0 Å². The predicted molar refractivity (Wildman–Crippen MR) is 114 cm³/mol. The molecule has 1 amide bonds. The molecule has 0 saturated heterocycles. The zero-order chi connectivity index (χ0) is 20.6. The molecule has 5 nitrogen and oxygen atoms in total. The number of benzene rings is 2. The molecule has 0 aliphatic carbocycles. The third-order valence-electron chi connectivity index (χ3n) is 5.18. The number of hydrogen-bond donors (Lipinski definition) is 1. The Morgan fingerprint density at radius 3 is 2.55 bits per heavy atom. The molecule has 0 spiro atoms. The average molecular weight is 389 g/mol. The highest BCUT2D eigenvalue weighted by molar-refractivity contribution is 6.00. The van der Waals surface area contributed by atoms with E-state index in [-0.39, 0.29) is 17.5 Å². The minimum absolute atomic E-state index is 0.0212. The van der Waals surface area contributed by atoms with Gasteiger partial charge in [0.2, 0.25) is 0 Å². The van der Waals surface area contributed by atoms with Gasteiger partial charge in [-0.25, -0.2) is 0 Å². The zero-order valence-electron chi connectivity index (χ0n) is 17.4. The van der Waals surface area contributed by atoms with Gasteiger partial charge in [-0.2, -0.15) is 5.10 Å². The van der Waals surface area contributed by atoms with Crippen LogP contribution < -0.4 is 4.74 Å². The molecule has 3 aromatic rings. The van der Waals surface area contributed by atoms with Gasteiger partial charge in [-0.15, -0.1) is 0 Å². The summed E-state index contributed by atoms with van der Waals surface area (Å²) in [7, 11) is 0. The van der Waals surface area contributed by atoms with Gasteiger partial charge in [0.05, 0.1) is 18.3 Å². The van der Waals surface area contributed by atoms with Gasteiger partial charge in [0.1, 0.15) is 11.4 Å². The van der Waals surface area contributed by atoms with E-state index in [1.807, 2.05) is 53.4 Å². The molecule has 0 radical (unpaired) electrons. The smallest absolute Gasteiger partial charge is 0.273 e. The van der Waals surface area contributed by atoms with Gasteiger partial charge in [-0.1, -0.05) is 49.4 Å². The molecule has 1 unspecified atom stereocenters. The molecule has 1 aromatic heterocycles. The maximum atomic E-state index is 13.4. The number of rotatable bonds is 5. The fourth-order valence-electron chi connectivity index (χ4n) is 3.96. The predicted octanol–water partition coefficient (Wildman–Crippen LogP) is 5.21. The van der Waals surface area contributed by atoms with Gasteiger partial charge in [0, 0.05) is 16.7 Å². The molecule has 150 valence electrons. The van der Waals surface area contributed by atoms with Gasteiger partial charge in [-0.05, 0) is 44.9 Å². The largest absolute Gasteiger partial charge is 0.494 e. The molecular formula is C24H27N3O2. The Morgan fingerprint density at radius 2 is 1.86 bits per heavy atom. The first kappa shape index (κ1) is 19.2. The lowest BCUT2D eigenvalue weighted by Crippen LogP contribution is -2.44. The van der Waals surface area contributed by atoms with E-state index < -0.39 is 0 Å². The van der Waals surface area contributed by atoms with E-state index >= 15 is 0 Å². The maximum Gasteiger partial charge on any atom is 0.273 e. The topological polar surface area (TPSA) is 58.2 Å². The first-order chi connectivity index (χ1) is 13.9. The molecule has 0 saturated carbocycles. The summed E-state index contributed by atoms with van der Waals surface area (Å²) < 4.78 is 5.86. The van der Waals surface area contributed by atoms with Crippen LogP contribution in [-0.4, -0.2) is 33.2 Å². The highest BCUT2D eigenvalue weighted by atomic mass is 16.5. The third-order valence-corrected chi connectivity index (χ3v) is 5.18. The Balaban J connectivity index is 1.87. The van der Waals surface area contributed by atoms with Crippen LogP contribution in [0.1, 0.15) is 61.8 Å². The molecule has 29 heavy (non-hydrogen) atoms. The van der Waals surface area contributed by atoms with Gasteiger partial charge in [0.25, 0.3) is 5.91 Å². The van der Waals surface area contributed by atoms with E-state index in [0.717, 1.165) is 34.6 Å². The van der Waals surface area contributed by atoms with Crippen molar-refractivity contribution in [3.05, 3.63) is 71.4 Å². The van der Waals surface area contributed by atoms with Gasteiger partial charge in [0.15, 0.2) is 0 Å². The number of aromatic amines is 1. The lowest BCUT2D eigenvalue weighted by Gasteiger charge is -2.37. The van der Waals surface area contributed by atoms with E-state index in [2.05, 4.69) is 44.0 Å². The van der Waals surface area contributed by atoms with Crippen molar-refractivity contribution in [2.45, 2.75) is 45.7 Å². The highest BCUT2D eigenvalue weighted by Gasteiger charge is 2.46. The Kier molecular flexibility index (Phi) is 4.91. The summed E-state index contributed by atoms with van der Waals surface area (Å²) >= 11 is 0. The number of aromatic nitrogens is 2. The van der Waals surface area contributed by atoms with Gasteiger partial charge >= 0.3 is 0 Å². The summed E-state index contributed by atoms with van der Waals surface area (Å²) in [5, 5.41) is 7.53. The number of carbonyl (C=O) groups is 1. The van der Waals surface area contributed by atoms with Crippen molar-refractivity contribution in [2.24, 2.45) is 0 Å². The molecule has 2 heterocycles. The number of fused-ring (bicyclic) bond motifs is 1. The summed E-state index contributed by atoms with van der Waals surface area (Å²) in [6.07, 6.45) is 0.949. The average Bonchev–Trinajstić information content (AvgIpc) is 3.26. The van der Waals surface area contributed by atoms with Gasteiger partial charge in [-0.3, -0.25) is 9.89 Å². The molecule has 1 aliphatic rings. The Morgan fingerprint density at radius 1 is 1.10 bits per heavy atom. The monoisotopic (exact) mass is 389 g/mol. The van der Waals surface area contributed by atoms with E-state index in [9.17, 15) is 4.79 Å². The molecule has 0 bridgehead atoms. The minimum Gasteiger partial charge on any atom is -0.494 e. The van der Waals surface area contributed by atoms with Crippen LogP contribution in [0.4, 0.5) is 0 Å². The molecule has 1 N–H and O–H groups in total. The standard InChI is InChI=1S/C24H27N3O2/c1-5-14-29-18-13-9-12-17(15-18)22-19-20(16-10-7-6-8-11-16)25-26-21(19)23(28)27(22)24(2,3)4/h6-13,15,22H,5,14H2,1-4H3,(H,25,26). The van der Waals surface area contributed by atoms with Crippen LogP contribution in [0.2, 0.25) is 0 Å². The highest BCUT2D eigenvalue weighted by Crippen LogP contribution is 2.46. The molecule has 5 heteroatoms. The van der Waals surface area contributed by atoms with E-state index in [0.29, 0.717) is 12.3 Å². The van der Waals surface area contributed by atoms with E-state index in [4.69, 9.17) is 4.74 Å². The van der Waals surface area contributed by atoms with Crippen molar-refractivity contribution >= 4 is 5.91 Å². The lowest BCUT2D eigenvalue weighted by atomic mass is 9.93. The number of nitrogens with zero attached hydrogens (tertiary/aromatic N) is 2. The molecule has 0 fully saturated rings. The van der Waals surface area contributed by atoms with Crippen LogP contribution in [0.15, 0.2) is 54.6 Å². The molecular weight excluding hydrogens is 362 g/mol. The second-order valence-corrected chi connectivity index (χ2v) is 8.40. The second kappa shape index (κ2) is 7.39. The zero-order valence-corrected chi connectivity index (χ0v) is 17.4. The van der Waals surface area contributed by atoms with Crippen LogP contribution in [0.5, 0.6) is 5.75 Å². The quantitative estimate of drug-likeness (QED) is 0.652. The summed E-state index contributed by atoms with van der Waals surface area (Å²) in [6, 6.07) is 17.8. The normalized spacial score (nSPS) is 16.2. The lowest BCUT2D eigenvalue weighted by molar-refractivity contribution is 0.0545. The first-order valence-corrected chi connectivity index (χ1v) is 10.1. The maximum absolute atomic E-state index is 13.4. The second-order valence-electron chi connectivity index (χ2n) is 8.40. The Labute approximate surface area is 171 Å². The number of H-pyrrole nitrogens is 1. The fraction of sp³-hybridized carbons (Fsp3) is 0.333. The number of ether oxygens (including phenoxy) is 1. The van der Waals surface area contributed by atoms with Crippen molar-refractivity contribution in [1.82, 2.24) is 15.1 Å². The Hall–Kier alpha value is -3.08. The molecule has 1 aliphatic heterocycles. The molecule has 2 aromatic carbocycles. The molecule has 1 atom stereocenters. The van der Waals surface area contributed by atoms with Crippen LogP contribution in [0.25, 0.3) is 11.3 Å². The van der Waals surface area contributed by atoms with Crippen LogP contribution in [0, 0.1) is 0 Å². The first-order valence-electron chi connectivity index (χ1n) is 10.1. The van der Waals surface area contributed by atoms with Crippen molar-refractivity contribution in [1.29, 1.82) is 0 Å². The van der Waals surface area contributed by atoms with Crippen LogP contribution in [-0.2, 0) is 0 Å². The van der Waals surface area contributed by atoms with Crippen LogP contribution >= 0.6 is 0 Å². The number of hydrogen-bond acceptors (Lipinski definition) is 3. The summed E-state index contributed by atoms with van der Waals surface area (Å²) in [5.41, 5.74) is 4.00. The fourth-order valence-corrected chi connectivity index (χ4v) is 3.96. The molecule has 4 rings (SSSR count). The number of nitrogens with one attached hydrogen (secondary N) is 1. The third kappa shape index (κ3) is 3.41. The Bertz CT molecular complexity index is 1020. The van der Waals surface area contributed by atoms with Crippen molar-refractivity contribution in [3.8, 4) is 17.0 Å². The van der Waals surface area contributed by atoms with Crippen molar-refractivity contribution in [3.63, 3.8) is 0 Å². The van der Waals surface area contributed by atoms with Crippen LogP contribution in [0.3, 0.4) is 0 Å². The summed E-state index contributed by atoms with van der Waals surface area (Å²) in [4.78, 5) is 15.3. The van der Waals surface area contributed by atoms with Crippen molar-refractivity contribution in [2.75, 3.05) is 6.61 Å². The van der Waals surface area contributed by atoms with Crippen molar-refractivity contribution < 1.29 is 9.53 Å². The summed E-state index contributed by atoms with van der Waals surface area (Å²) in [6.45, 7) is 8.96. The SMILES string of the molecule is CCCOc1cccc(C2c3c(-c4ccccc4)n[nH]c3C(=O)N2C(C)(C)C)c1. The van der Waals surface area contributed by atoms with Gasteiger partial charge < -0.3 is 9.64 Å². The van der Waals surface area contributed by atoms with E-state index in [1.165, 1.54) is 0 Å².